The Labute approximate surface area is 271 Å². The number of carbonyl (C=O) groups is 2. The van der Waals surface area contributed by atoms with Gasteiger partial charge in [0.05, 0.1) is 23.5 Å². The standard InChI is InChI=1S/C33H40F3N5O4S/c1-7-44-27(42)24-11-9-8-10-23(24)21-12-13-26(25(14-21)37-29-38-28(46-39-29)33(34,35)36)41(17-20(2)3)22-15-32(16-22)18-40(19-32)30(43)45-31(4,5)6/h8-14,20,22H,7,15-19H2,1-6H3,(H,37,39). The molecule has 0 radical (unpaired) electrons. The molecule has 46 heavy (non-hydrogen) atoms. The lowest BCUT2D eigenvalue weighted by molar-refractivity contribution is -0.137. The van der Waals surface area contributed by atoms with E-state index in [1.165, 1.54) is 0 Å². The molecule has 1 amide bonds. The maximum atomic E-state index is 13.4. The second-order valence-electron chi connectivity index (χ2n) is 13.5. The van der Waals surface area contributed by atoms with Gasteiger partial charge in [0.1, 0.15) is 5.60 Å². The Morgan fingerprint density at radius 1 is 1.13 bits per heavy atom. The van der Waals surface area contributed by atoms with Crippen molar-refractivity contribution in [1.82, 2.24) is 14.3 Å². The van der Waals surface area contributed by atoms with Crippen molar-refractivity contribution in [2.75, 3.05) is 36.5 Å². The monoisotopic (exact) mass is 659 g/mol. The molecule has 9 nitrogen and oxygen atoms in total. The van der Waals surface area contributed by atoms with Crippen LogP contribution in [0.5, 0.6) is 0 Å². The zero-order chi connectivity index (χ0) is 33.4. The maximum Gasteiger partial charge on any atom is 0.444 e. The van der Waals surface area contributed by atoms with Crippen molar-refractivity contribution in [2.45, 2.75) is 72.2 Å². The van der Waals surface area contributed by atoms with Crippen LogP contribution < -0.4 is 10.2 Å². The summed E-state index contributed by atoms with van der Waals surface area (Å²) in [6.07, 6.45) is -3.20. The van der Waals surface area contributed by atoms with Gasteiger partial charge in [-0.15, -0.1) is 0 Å². The number of aromatic nitrogens is 2. The molecule has 2 heterocycles. The molecule has 0 atom stereocenters. The summed E-state index contributed by atoms with van der Waals surface area (Å²) < 4.78 is 54.9. The molecule has 1 N–H and O–H groups in total. The van der Waals surface area contributed by atoms with Crippen molar-refractivity contribution < 1.29 is 32.2 Å². The van der Waals surface area contributed by atoms with Gasteiger partial charge in [-0.05, 0) is 87.3 Å². The van der Waals surface area contributed by atoms with Crippen molar-refractivity contribution in [2.24, 2.45) is 11.3 Å². The second-order valence-corrected chi connectivity index (χ2v) is 14.2. The molecule has 0 bridgehead atoms. The van der Waals surface area contributed by atoms with Gasteiger partial charge in [0.15, 0.2) is 0 Å². The highest BCUT2D eigenvalue weighted by molar-refractivity contribution is 7.05. The van der Waals surface area contributed by atoms with Crippen molar-refractivity contribution >= 4 is 40.9 Å². The molecule has 1 spiro atoms. The normalized spacial score (nSPS) is 16.2. The van der Waals surface area contributed by atoms with Gasteiger partial charge in [-0.1, -0.05) is 38.1 Å². The minimum absolute atomic E-state index is 0.0149. The van der Waals surface area contributed by atoms with Crippen LogP contribution in [-0.2, 0) is 15.7 Å². The smallest absolute Gasteiger partial charge is 0.444 e. The number of benzene rings is 2. The second kappa shape index (κ2) is 12.7. The molecule has 1 aliphatic carbocycles. The van der Waals surface area contributed by atoms with Crippen LogP contribution in [0.2, 0.25) is 0 Å². The largest absolute Gasteiger partial charge is 0.462 e. The Bertz CT molecular complexity index is 1570. The summed E-state index contributed by atoms with van der Waals surface area (Å²) in [6, 6.07) is 12.9. The van der Waals surface area contributed by atoms with Gasteiger partial charge in [0, 0.05) is 31.1 Å². The van der Waals surface area contributed by atoms with Crippen molar-refractivity contribution in [3.05, 3.63) is 53.0 Å². The number of carbonyl (C=O) groups excluding carboxylic acids is 2. The Morgan fingerprint density at radius 2 is 1.83 bits per heavy atom. The molecule has 5 rings (SSSR count). The molecule has 248 valence electrons. The number of likely N-dealkylation sites (tertiary alicyclic amines) is 1. The highest BCUT2D eigenvalue weighted by Gasteiger charge is 2.56. The van der Waals surface area contributed by atoms with Crippen LogP contribution in [-0.4, -0.2) is 64.2 Å². The van der Waals surface area contributed by atoms with Crippen molar-refractivity contribution in [3.63, 3.8) is 0 Å². The fraction of sp³-hybridized carbons (Fsp3) is 0.515. The van der Waals surface area contributed by atoms with Crippen LogP contribution in [0, 0.1) is 11.3 Å². The zero-order valence-electron chi connectivity index (χ0n) is 26.9. The Hall–Kier alpha value is -3.87. The molecule has 1 aliphatic heterocycles. The summed E-state index contributed by atoms with van der Waals surface area (Å²) in [7, 11) is 0. The number of hydrogen-bond donors (Lipinski definition) is 1. The average Bonchev–Trinajstić information content (AvgIpc) is 3.39. The van der Waals surface area contributed by atoms with E-state index in [0.29, 0.717) is 42.0 Å². The summed E-state index contributed by atoms with van der Waals surface area (Å²) >= 11 is 0.285. The van der Waals surface area contributed by atoms with Crippen LogP contribution in [0.1, 0.15) is 69.7 Å². The van der Waals surface area contributed by atoms with E-state index in [9.17, 15) is 22.8 Å². The van der Waals surface area contributed by atoms with Gasteiger partial charge in [-0.25, -0.2) is 9.59 Å². The fourth-order valence-corrected chi connectivity index (χ4v) is 6.65. The number of esters is 1. The van der Waals surface area contributed by atoms with E-state index in [2.05, 4.69) is 33.4 Å². The Balaban J connectivity index is 1.46. The van der Waals surface area contributed by atoms with Gasteiger partial charge < -0.3 is 24.6 Å². The van der Waals surface area contributed by atoms with Crippen molar-refractivity contribution in [1.29, 1.82) is 0 Å². The maximum absolute atomic E-state index is 13.4. The topological polar surface area (TPSA) is 96.9 Å². The lowest BCUT2D eigenvalue weighted by Gasteiger charge is -2.61. The summed E-state index contributed by atoms with van der Waals surface area (Å²) in [5.41, 5.74) is 2.46. The number of halogens is 3. The number of nitrogens with zero attached hydrogens (tertiary/aromatic N) is 4. The number of nitrogens with one attached hydrogen (secondary N) is 1. The molecule has 0 unspecified atom stereocenters. The molecular formula is C33H40F3N5O4S. The number of amides is 1. The van der Waals surface area contributed by atoms with E-state index in [4.69, 9.17) is 9.47 Å². The summed E-state index contributed by atoms with van der Waals surface area (Å²) in [6.45, 7) is 13.7. The van der Waals surface area contributed by atoms with Crippen LogP contribution in [0.15, 0.2) is 42.5 Å². The van der Waals surface area contributed by atoms with Crippen LogP contribution >= 0.6 is 11.5 Å². The van der Waals surface area contributed by atoms with E-state index in [1.54, 1.807) is 24.0 Å². The van der Waals surface area contributed by atoms with Gasteiger partial charge in [-0.3, -0.25) is 0 Å². The summed E-state index contributed by atoms with van der Waals surface area (Å²) in [5.74, 6) is -0.340. The first kappa shape index (κ1) is 33.5. The molecule has 2 aromatic carbocycles. The zero-order valence-corrected chi connectivity index (χ0v) is 27.7. The third-order valence-electron chi connectivity index (χ3n) is 8.00. The molecule has 3 aromatic rings. The molecule has 2 aliphatic rings. The molecule has 13 heteroatoms. The lowest BCUT2D eigenvalue weighted by Crippen LogP contribution is -2.68. The number of anilines is 3. The molecule has 1 saturated carbocycles. The quantitative estimate of drug-likeness (QED) is 0.231. The minimum atomic E-state index is -4.61. The highest BCUT2D eigenvalue weighted by atomic mass is 32.1. The van der Waals surface area contributed by atoms with Gasteiger partial charge in [-0.2, -0.15) is 22.5 Å². The number of alkyl halides is 3. The molecular weight excluding hydrogens is 619 g/mol. The van der Waals surface area contributed by atoms with E-state index in [0.717, 1.165) is 18.5 Å². The Morgan fingerprint density at radius 3 is 2.43 bits per heavy atom. The first-order chi connectivity index (χ1) is 21.6. The van der Waals surface area contributed by atoms with Crippen LogP contribution in [0.25, 0.3) is 11.1 Å². The fourth-order valence-electron chi connectivity index (χ4n) is 6.16. The van der Waals surface area contributed by atoms with Gasteiger partial charge in [0.2, 0.25) is 11.0 Å². The molecule has 2 fully saturated rings. The first-order valence-corrected chi connectivity index (χ1v) is 16.2. The number of ether oxygens (including phenoxy) is 2. The SMILES string of the molecule is CCOC(=O)c1ccccc1-c1ccc(N(CC(C)C)C2CC3(C2)CN(C(=O)OC(C)(C)C)C3)c(Nc2nsc(C(F)(F)F)n2)c1. The van der Waals surface area contributed by atoms with E-state index >= 15 is 0 Å². The third-order valence-corrected chi connectivity index (χ3v) is 8.76. The van der Waals surface area contributed by atoms with Crippen molar-refractivity contribution in [3.8, 4) is 11.1 Å². The van der Waals surface area contributed by atoms with E-state index < -0.39 is 22.8 Å². The lowest BCUT2D eigenvalue weighted by atomic mass is 9.60. The van der Waals surface area contributed by atoms with E-state index in [-0.39, 0.29) is 47.6 Å². The van der Waals surface area contributed by atoms with Crippen LogP contribution in [0.3, 0.4) is 0 Å². The molecule has 1 aromatic heterocycles. The Kier molecular flexibility index (Phi) is 9.27. The first-order valence-electron chi connectivity index (χ1n) is 15.4. The third kappa shape index (κ3) is 7.40. The van der Waals surface area contributed by atoms with E-state index in [1.807, 2.05) is 51.1 Å². The summed E-state index contributed by atoms with van der Waals surface area (Å²) in [4.78, 5) is 33.1. The predicted octanol–water partition coefficient (Wildman–Crippen LogP) is 8.01. The number of rotatable bonds is 9. The van der Waals surface area contributed by atoms with Gasteiger partial charge >= 0.3 is 18.2 Å². The van der Waals surface area contributed by atoms with Crippen LogP contribution in [0.4, 0.5) is 35.3 Å². The average molecular weight is 660 g/mol. The molecule has 1 saturated heterocycles. The highest BCUT2D eigenvalue weighted by Crippen LogP contribution is 2.52. The van der Waals surface area contributed by atoms with Gasteiger partial charge in [0.25, 0.3) is 0 Å². The summed E-state index contributed by atoms with van der Waals surface area (Å²) in [5, 5.41) is 2.02. The minimum Gasteiger partial charge on any atom is -0.462 e. The predicted molar refractivity (Wildman–Crippen MR) is 171 cm³/mol. The number of hydrogen-bond acceptors (Lipinski definition) is 9.